The van der Waals surface area contributed by atoms with Crippen molar-refractivity contribution in [1.82, 2.24) is 9.97 Å². The fourth-order valence-electron chi connectivity index (χ4n) is 1.33. The Morgan fingerprint density at radius 1 is 1.64 bits per heavy atom. The van der Waals surface area contributed by atoms with Crippen molar-refractivity contribution in [2.24, 2.45) is 0 Å². The standard InChI is InChI=1S/C9H18N4O/c1-6(5-14-4)13(3)9-8(10)11-7(2)12-9/h6H,5,10H2,1-4H3,(H,11,12). The lowest BCUT2D eigenvalue weighted by Crippen LogP contribution is -2.33. The molecule has 1 atom stereocenters. The molecule has 0 amide bonds. The van der Waals surface area contributed by atoms with Gasteiger partial charge in [0.1, 0.15) is 11.6 Å². The number of aromatic nitrogens is 2. The van der Waals surface area contributed by atoms with Gasteiger partial charge in [0.05, 0.1) is 12.6 Å². The largest absolute Gasteiger partial charge is 0.383 e. The number of H-pyrrole nitrogens is 1. The van der Waals surface area contributed by atoms with Crippen molar-refractivity contribution < 1.29 is 4.74 Å². The molecule has 14 heavy (non-hydrogen) atoms. The maximum absolute atomic E-state index is 5.78. The highest BCUT2D eigenvalue weighted by molar-refractivity contribution is 5.59. The van der Waals surface area contributed by atoms with Crippen LogP contribution in [0.15, 0.2) is 0 Å². The van der Waals surface area contributed by atoms with Gasteiger partial charge in [0.2, 0.25) is 0 Å². The van der Waals surface area contributed by atoms with Gasteiger partial charge in [-0.25, -0.2) is 4.98 Å². The van der Waals surface area contributed by atoms with Crippen molar-refractivity contribution in [3.63, 3.8) is 0 Å². The average molecular weight is 198 g/mol. The van der Waals surface area contributed by atoms with Crippen molar-refractivity contribution >= 4 is 11.6 Å². The van der Waals surface area contributed by atoms with Crippen LogP contribution in [0.25, 0.3) is 0 Å². The lowest BCUT2D eigenvalue weighted by atomic mass is 10.3. The number of hydrogen-bond donors (Lipinski definition) is 2. The Morgan fingerprint density at radius 2 is 2.29 bits per heavy atom. The van der Waals surface area contributed by atoms with Crippen LogP contribution in [-0.2, 0) is 4.74 Å². The van der Waals surface area contributed by atoms with E-state index in [1.165, 1.54) is 0 Å². The molecular formula is C9H18N4O. The third-order valence-electron chi connectivity index (χ3n) is 2.23. The molecule has 0 aromatic carbocycles. The summed E-state index contributed by atoms with van der Waals surface area (Å²) in [5.41, 5.74) is 5.78. The third-order valence-corrected chi connectivity index (χ3v) is 2.23. The molecule has 0 radical (unpaired) electrons. The number of methoxy groups -OCH3 is 1. The summed E-state index contributed by atoms with van der Waals surface area (Å²) < 4.78 is 5.07. The number of nitrogens with one attached hydrogen (secondary N) is 1. The summed E-state index contributed by atoms with van der Waals surface area (Å²) in [6, 6.07) is 0.255. The highest BCUT2D eigenvalue weighted by Crippen LogP contribution is 2.20. The Hall–Kier alpha value is -1.23. The zero-order chi connectivity index (χ0) is 10.7. The molecule has 0 fully saturated rings. The number of nitrogens with zero attached hydrogens (tertiary/aromatic N) is 2. The number of aryl methyl sites for hydroxylation is 1. The van der Waals surface area contributed by atoms with E-state index in [4.69, 9.17) is 10.5 Å². The summed E-state index contributed by atoms with van der Waals surface area (Å²) in [5.74, 6) is 2.22. The molecule has 0 saturated carbocycles. The maximum atomic E-state index is 5.78. The second-order valence-corrected chi connectivity index (χ2v) is 3.47. The van der Waals surface area contributed by atoms with Crippen molar-refractivity contribution in [3.05, 3.63) is 5.82 Å². The van der Waals surface area contributed by atoms with E-state index in [1.807, 2.05) is 18.9 Å². The lowest BCUT2D eigenvalue weighted by Gasteiger charge is -2.24. The van der Waals surface area contributed by atoms with Crippen LogP contribution in [0.5, 0.6) is 0 Å². The number of rotatable bonds is 4. The SMILES string of the molecule is COCC(C)N(C)c1nc(C)[nH]c1N. The number of anilines is 2. The second kappa shape index (κ2) is 4.32. The Labute approximate surface area is 84.3 Å². The monoisotopic (exact) mass is 198 g/mol. The van der Waals surface area contributed by atoms with Crippen LogP contribution in [0.1, 0.15) is 12.7 Å². The van der Waals surface area contributed by atoms with Crippen molar-refractivity contribution in [2.45, 2.75) is 19.9 Å². The van der Waals surface area contributed by atoms with Crippen molar-refractivity contribution in [1.29, 1.82) is 0 Å². The lowest BCUT2D eigenvalue weighted by molar-refractivity contribution is 0.183. The Bertz CT molecular complexity index is 297. The van der Waals surface area contributed by atoms with Crippen molar-refractivity contribution in [3.8, 4) is 0 Å². The highest BCUT2D eigenvalue weighted by atomic mass is 16.5. The van der Waals surface area contributed by atoms with E-state index in [1.54, 1.807) is 7.11 Å². The minimum Gasteiger partial charge on any atom is -0.383 e. The molecule has 0 aliphatic heterocycles. The quantitative estimate of drug-likeness (QED) is 0.750. The molecule has 0 spiro atoms. The van der Waals surface area contributed by atoms with Gasteiger partial charge in [-0.3, -0.25) is 0 Å². The third kappa shape index (κ3) is 2.17. The number of nitrogen functional groups attached to an aromatic ring is 1. The molecule has 5 nitrogen and oxygen atoms in total. The number of aromatic amines is 1. The number of imidazole rings is 1. The normalized spacial score (nSPS) is 12.9. The smallest absolute Gasteiger partial charge is 0.171 e. The first-order valence-electron chi connectivity index (χ1n) is 4.60. The van der Waals surface area contributed by atoms with Crippen LogP contribution in [0.2, 0.25) is 0 Å². The first-order valence-corrected chi connectivity index (χ1v) is 4.60. The first-order chi connectivity index (χ1) is 6.56. The zero-order valence-corrected chi connectivity index (χ0v) is 9.16. The van der Waals surface area contributed by atoms with E-state index in [0.29, 0.717) is 12.4 Å². The highest BCUT2D eigenvalue weighted by Gasteiger charge is 2.15. The maximum Gasteiger partial charge on any atom is 0.171 e. The van der Waals surface area contributed by atoms with Gasteiger partial charge in [-0.1, -0.05) is 0 Å². The average Bonchev–Trinajstić information content (AvgIpc) is 2.44. The Balaban J connectivity index is 2.77. The van der Waals surface area contributed by atoms with Gasteiger partial charge in [-0.2, -0.15) is 0 Å². The molecule has 0 saturated heterocycles. The van der Waals surface area contributed by atoms with Crippen LogP contribution in [0, 0.1) is 6.92 Å². The van der Waals surface area contributed by atoms with E-state index < -0.39 is 0 Å². The fourth-order valence-corrected chi connectivity index (χ4v) is 1.33. The predicted octanol–water partition coefficient (Wildman–Crippen LogP) is 0.771. The molecule has 5 heteroatoms. The van der Waals surface area contributed by atoms with Gasteiger partial charge in [0.15, 0.2) is 5.82 Å². The summed E-state index contributed by atoms with van der Waals surface area (Å²) in [6.45, 7) is 4.60. The van der Waals surface area contributed by atoms with E-state index in [0.717, 1.165) is 11.6 Å². The number of ether oxygens (including phenoxy) is 1. The Kier molecular flexibility index (Phi) is 3.35. The molecule has 3 N–H and O–H groups in total. The van der Waals surface area contributed by atoms with Gasteiger partial charge >= 0.3 is 0 Å². The zero-order valence-electron chi connectivity index (χ0n) is 9.16. The molecule has 80 valence electrons. The molecular weight excluding hydrogens is 180 g/mol. The summed E-state index contributed by atoms with van der Waals surface area (Å²) >= 11 is 0. The van der Waals surface area contributed by atoms with Crippen molar-refractivity contribution in [2.75, 3.05) is 31.4 Å². The molecule has 0 aliphatic rings. The Morgan fingerprint density at radius 3 is 2.71 bits per heavy atom. The van der Waals surface area contributed by atoms with Crippen LogP contribution in [-0.4, -0.2) is 36.8 Å². The van der Waals surface area contributed by atoms with Gasteiger partial charge in [0.25, 0.3) is 0 Å². The predicted molar refractivity (Wildman–Crippen MR) is 57.5 cm³/mol. The summed E-state index contributed by atoms with van der Waals surface area (Å²) in [4.78, 5) is 9.28. The second-order valence-electron chi connectivity index (χ2n) is 3.47. The number of nitrogens with two attached hydrogens (primary N) is 1. The van der Waals surface area contributed by atoms with Gasteiger partial charge < -0.3 is 20.4 Å². The van der Waals surface area contributed by atoms with Crippen LogP contribution in [0.3, 0.4) is 0 Å². The van der Waals surface area contributed by atoms with E-state index in [9.17, 15) is 0 Å². The molecule has 1 rings (SSSR count). The fraction of sp³-hybridized carbons (Fsp3) is 0.667. The van der Waals surface area contributed by atoms with E-state index in [2.05, 4.69) is 16.9 Å². The van der Waals surface area contributed by atoms with Crippen LogP contribution in [0.4, 0.5) is 11.6 Å². The number of hydrogen-bond acceptors (Lipinski definition) is 4. The minimum atomic E-state index is 0.255. The molecule has 0 aliphatic carbocycles. The molecule has 0 bridgehead atoms. The van der Waals surface area contributed by atoms with Gasteiger partial charge in [-0.05, 0) is 13.8 Å². The summed E-state index contributed by atoms with van der Waals surface area (Å²) in [7, 11) is 3.64. The van der Waals surface area contributed by atoms with Crippen LogP contribution >= 0.6 is 0 Å². The molecule has 1 heterocycles. The number of likely N-dealkylation sites (N-methyl/N-ethyl adjacent to an activating group) is 1. The van der Waals surface area contributed by atoms with E-state index >= 15 is 0 Å². The van der Waals surface area contributed by atoms with Gasteiger partial charge in [-0.15, -0.1) is 0 Å². The summed E-state index contributed by atoms with van der Waals surface area (Å²) in [6.07, 6.45) is 0. The minimum absolute atomic E-state index is 0.255. The molecule has 1 aromatic heterocycles. The van der Waals surface area contributed by atoms with Gasteiger partial charge in [0, 0.05) is 14.2 Å². The summed E-state index contributed by atoms with van der Waals surface area (Å²) in [5, 5.41) is 0. The molecule has 1 aromatic rings. The van der Waals surface area contributed by atoms with E-state index in [-0.39, 0.29) is 6.04 Å². The van der Waals surface area contributed by atoms with Crippen LogP contribution < -0.4 is 10.6 Å². The molecule has 1 unspecified atom stereocenters. The first kappa shape index (κ1) is 10.8. The topological polar surface area (TPSA) is 67.2 Å².